The number of hydrogen-bond donors (Lipinski definition) is 2. The van der Waals surface area contributed by atoms with Crippen molar-refractivity contribution < 1.29 is 14.7 Å². The Morgan fingerprint density at radius 3 is 2.63 bits per heavy atom. The molecule has 2 unspecified atom stereocenters. The highest BCUT2D eigenvalue weighted by Crippen LogP contribution is 2.22. The van der Waals surface area contributed by atoms with E-state index in [1.165, 1.54) is 17.4 Å². The quantitative estimate of drug-likeness (QED) is 0.869. The smallest absolute Gasteiger partial charge is 0.326 e. The molecule has 2 atom stereocenters. The van der Waals surface area contributed by atoms with Crippen LogP contribution in [0, 0.1) is 0 Å². The van der Waals surface area contributed by atoms with Crippen LogP contribution in [0.25, 0.3) is 0 Å². The molecule has 5 heteroatoms. The van der Waals surface area contributed by atoms with Crippen LogP contribution in [0.3, 0.4) is 0 Å². The number of amides is 2. The maximum Gasteiger partial charge on any atom is 0.326 e. The van der Waals surface area contributed by atoms with Gasteiger partial charge in [-0.3, -0.25) is 0 Å². The van der Waals surface area contributed by atoms with Crippen molar-refractivity contribution in [2.45, 2.75) is 32.4 Å². The molecule has 0 saturated carbocycles. The Labute approximate surface area is 112 Å². The van der Waals surface area contributed by atoms with Crippen molar-refractivity contribution in [3.63, 3.8) is 0 Å². The Balaban J connectivity index is 2.11. The Morgan fingerprint density at radius 1 is 1.47 bits per heavy atom. The lowest BCUT2D eigenvalue weighted by atomic mass is 10.0. The maximum atomic E-state index is 11.8. The third-order valence-electron chi connectivity index (χ3n) is 3.55. The molecule has 0 bridgehead atoms. The van der Waals surface area contributed by atoms with Crippen molar-refractivity contribution in [2.24, 2.45) is 0 Å². The molecule has 0 aromatic heterocycles. The number of carboxylic acids is 1. The summed E-state index contributed by atoms with van der Waals surface area (Å²) in [5.41, 5.74) is 2.24. The van der Waals surface area contributed by atoms with Crippen molar-refractivity contribution in [1.29, 1.82) is 0 Å². The van der Waals surface area contributed by atoms with Crippen LogP contribution in [0.4, 0.5) is 4.79 Å². The van der Waals surface area contributed by atoms with E-state index in [2.05, 4.69) is 12.2 Å². The molecule has 1 aromatic carbocycles. The second-order valence-corrected chi connectivity index (χ2v) is 4.76. The zero-order chi connectivity index (χ0) is 14.0. The molecule has 1 fully saturated rings. The first-order chi connectivity index (χ1) is 9.02. The second-order valence-electron chi connectivity index (χ2n) is 4.76. The summed E-state index contributed by atoms with van der Waals surface area (Å²) in [7, 11) is 0. The lowest BCUT2D eigenvalue weighted by molar-refractivity contribution is -0.141. The Kier molecular flexibility index (Phi) is 3.74. The molecule has 19 heavy (non-hydrogen) atoms. The van der Waals surface area contributed by atoms with E-state index in [0.29, 0.717) is 6.54 Å². The number of nitrogens with one attached hydrogen (secondary N) is 1. The van der Waals surface area contributed by atoms with Crippen molar-refractivity contribution in [2.75, 3.05) is 6.54 Å². The van der Waals surface area contributed by atoms with Gasteiger partial charge in [-0.25, -0.2) is 9.59 Å². The van der Waals surface area contributed by atoms with Crippen LogP contribution in [0.5, 0.6) is 0 Å². The minimum absolute atomic E-state index is 0.139. The first kappa shape index (κ1) is 13.4. The van der Waals surface area contributed by atoms with Crippen molar-refractivity contribution in [3.8, 4) is 0 Å². The predicted octanol–water partition coefficient (Wildman–Crippen LogP) is 1.79. The van der Waals surface area contributed by atoms with Gasteiger partial charge in [0.2, 0.25) is 0 Å². The standard InChI is InChI=1S/C14H18N2O3/c1-3-10-4-6-11(7-5-10)12-8-16(14(19)15-12)9(2)13(17)18/h4-7,9,12H,3,8H2,1-2H3,(H,15,19)(H,17,18). The molecule has 1 aromatic rings. The Bertz CT molecular complexity index is 484. The van der Waals surface area contributed by atoms with E-state index in [1.807, 2.05) is 24.3 Å². The molecule has 102 valence electrons. The molecule has 2 amide bonds. The van der Waals surface area contributed by atoms with E-state index in [9.17, 15) is 9.59 Å². The number of carbonyl (C=O) groups is 2. The molecule has 2 rings (SSSR count). The minimum atomic E-state index is -0.989. The summed E-state index contributed by atoms with van der Waals surface area (Å²) < 4.78 is 0. The average molecular weight is 262 g/mol. The van der Waals surface area contributed by atoms with Gasteiger partial charge in [0.15, 0.2) is 0 Å². The van der Waals surface area contributed by atoms with Gasteiger partial charge in [-0.1, -0.05) is 31.2 Å². The van der Waals surface area contributed by atoms with E-state index in [-0.39, 0.29) is 12.1 Å². The Hall–Kier alpha value is -2.04. The number of rotatable bonds is 4. The van der Waals surface area contributed by atoms with Gasteiger partial charge in [-0.2, -0.15) is 0 Å². The third-order valence-corrected chi connectivity index (χ3v) is 3.55. The van der Waals surface area contributed by atoms with Gasteiger partial charge in [-0.05, 0) is 24.5 Å². The van der Waals surface area contributed by atoms with Gasteiger partial charge in [0.05, 0.1) is 6.04 Å². The number of aryl methyl sites for hydroxylation is 1. The van der Waals surface area contributed by atoms with Gasteiger partial charge in [0.1, 0.15) is 6.04 Å². The van der Waals surface area contributed by atoms with E-state index in [1.54, 1.807) is 0 Å². The zero-order valence-corrected chi connectivity index (χ0v) is 11.1. The summed E-state index contributed by atoms with van der Waals surface area (Å²) in [4.78, 5) is 24.1. The number of carbonyl (C=O) groups excluding carboxylic acids is 1. The highest BCUT2D eigenvalue weighted by atomic mass is 16.4. The number of aliphatic carboxylic acids is 1. The molecule has 0 aliphatic carbocycles. The van der Waals surface area contributed by atoms with Crippen LogP contribution in [0.15, 0.2) is 24.3 Å². The number of benzene rings is 1. The highest BCUT2D eigenvalue weighted by molar-refractivity contribution is 5.84. The Morgan fingerprint density at radius 2 is 2.11 bits per heavy atom. The number of carboxylic acid groups (broad SMARTS) is 1. The van der Waals surface area contributed by atoms with Crippen LogP contribution in [0.1, 0.15) is 31.0 Å². The summed E-state index contributed by atoms with van der Waals surface area (Å²) in [6, 6.07) is 6.77. The van der Waals surface area contributed by atoms with Crippen molar-refractivity contribution >= 4 is 12.0 Å². The lowest BCUT2D eigenvalue weighted by Gasteiger charge is -2.19. The molecule has 5 nitrogen and oxygen atoms in total. The monoisotopic (exact) mass is 262 g/mol. The zero-order valence-electron chi connectivity index (χ0n) is 11.1. The fraction of sp³-hybridized carbons (Fsp3) is 0.429. The van der Waals surface area contributed by atoms with Gasteiger partial charge in [0.25, 0.3) is 0 Å². The average Bonchev–Trinajstić information content (AvgIpc) is 2.80. The van der Waals surface area contributed by atoms with Gasteiger partial charge in [-0.15, -0.1) is 0 Å². The molecule has 1 heterocycles. The van der Waals surface area contributed by atoms with Gasteiger partial charge in [0, 0.05) is 6.54 Å². The molecular weight excluding hydrogens is 244 g/mol. The van der Waals surface area contributed by atoms with Gasteiger partial charge < -0.3 is 15.3 Å². The van der Waals surface area contributed by atoms with E-state index in [0.717, 1.165) is 12.0 Å². The first-order valence-electron chi connectivity index (χ1n) is 6.41. The lowest BCUT2D eigenvalue weighted by Crippen LogP contribution is -2.40. The van der Waals surface area contributed by atoms with Crippen LogP contribution in [-0.2, 0) is 11.2 Å². The number of hydrogen-bond acceptors (Lipinski definition) is 2. The summed E-state index contributed by atoms with van der Waals surface area (Å²) in [6.07, 6.45) is 0.972. The van der Waals surface area contributed by atoms with E-state index in [4.69, 9.17) is 5.11 Å². The summed E-state index contributed by atoms with van der Waals surface area (Å²) in [6.45, 7) is 3.99. The van der Waals surface area contributed by atoms with Crippen LogP contribution in [-0.4, -0.2) is 34.6 Å². The largest absolute Gasteiger partial charge is 0.480 e. The highest BCUT2D eigenvalue weighted by Gasteiger charge is 2.35. The molecular formula is C14H18N2O3. The maximum absolute atomic E-state index is 11.8. The minimum Gasteiger partial charge on any atom is -0.480 e. The second kappa shape index (κ2) is 5.30. The van der Waals surface area contributed by atoms with Crippen molar-refractivity contribution in [3.05, 3.63) is 35.4 Å². The summed E-state index contributed by atoms with van der Waals surface area (Å²) in [5, 5.41) is 11.8. The van der Waals surface area contributed by atoms with Crippen LogP contribution < -0.4 is 5.32 Å². The summed E-state index contributed by atoms with van der Waals surface area (Å²) in [5.74, 6) is -0.989. The molecule has 0 radical (unpaired) electrons. The molecule has 1 aliphatic heterocycles. The number of urea groups is 1. The summed E-state index contributed by atoms with van der Waals surface area (Å²) >= 11 is 0. The normalized spacial score (nSPS) is 20.2. The molecule has 1 saturated heterocycles. The predicted molar refractivity (Wildman–Crippen MR) is 70.9 cm³/mol. The number of nitrogens with zero attached hydrogens (tertiary/aromatic N) is 1. The first-order valence-corrected chi connectivity index (χ1v) is 6.41. The fourth-order valence-corrected chi connectivity index (χ4v) is 2.20. The fourth-order valence-electron chi connectivity index (χ4n) is 2.20. The SMILES string of the molecule is CCc1ccc(C2CN(C(C)C(=O)O)C(=O)N2)cc1. The van der Waals surface area contributed by atoms with Gasteiger partial charge >= 0.3 is 12.0 Å². The molecule has 1 aliphatic rings. The molecule has 2 N–H and O–H groups in total. The van der Waals surface area contributed by atoms with Crippen molar-refractivity contribution in [1.82, 2.24) is 10.2 Å². The molecule has 0 spiro atoms. The van der Waals surface area contributed by atoms with Crippen LogP contribution >= 0.6 is 0 Å². The third kappa shape index (κ3) is 2.70. The van der Waals surface area contributed by atoms with Crippen LogP contribution in [0.2, 0.25) is 0 Å². The van der Waals surface area contributed by atoms with E-state index >= 15 is 0 Å². The topological polar surface area (TPSA) is 69.6 Å². The van der Waals surface area contributed by atoms with E-state index < -0.39 is 12.0 Å².